The Bertz CT molecular complexity index is 268. The third-order valence-electron chi connectivity index (χ3n) is 3.70. The smallest absolute Gasteiger partial charge is 0.229 e. The maximum Gasteiger partial charge on any atom is 0.229 e. The summed E-state index contributed by atoms with van der Waals surface area (Å²) < 4.78 is 0. The van der Waals surface area contributed by atoms with Crippen LogP contribution in [0.5, 0.6) is 0 Å². The first-order valence-corrected chi connectivity index (χ1v) is 6.20. The molecule has 1 aliphatic heterocycles. The van der Waals surface area contributed by atoms with E-state index in [2.05, 4.69) is 0 Å². The summed E-state index contributed by atoms with van der Waals surface area (Å²) in [5.74, 6) is 0.0455. The lowest BCUT2D eigenvalue weighted by Gasteiger charge is -2.29. The highest BCUT2D eigenvalue weighted by Crippen LogP contribution is 2.28. The molecule has 0 aromatic carbocycles. The summed E-state index contributed by atoms with van der Waals surface area (Å²) in [6.45, 7) is 0.211. The SMILES string of the molecule is O=C1CCCC(=O)N1CC(O)C1CCCC1. The van der Waals surface area contributed by atoms with Gasteiger partial charge in [0.15, 0.2) is 0 Å². The Morgan fingerprint density at radius 3 is 2.25 bits per heavy atom. The molecule has 0 spiro atoms. The minimum Gasteiger partial charge on any atom is -0.391 e. The second kappa shape index (κ2) is 4.95. The van der Waals surface area contributed by atoms with Gasteiger partial charge in [-0.05, 0) is 25.2 Å². The molecule has 4 heteroatoms. The van der Waals surface area contributed by atoms with Crippen molar-refractivity contribution in [1.29, 1.82) is 0 Å². The molecule has 0 bridgehead atoms. The van der Waals surface area contributed by atoms with Crippen LogP contribution in [0.2, 0.25) is 0 Å². The van der Waals surface area contributed by atoms with Crippen molar-refractivity contribution < 1.29 is 14.7 Å². The summed E-state index contributed by atoms with van der Waals surface area (Å²) >= 11 is 0. The van der Waals surface area contributed by atoms with Gasteiger partial charge in [0.05, 0.1) is 12.6 Å². The molecule has 16 heavy (non-hydrogen) atoms. The second-order valence-corrected chi connectivity index (χ2v) is 4.86. The van der Waals surface area contributed by atoms with Crippen LogP contribution in [-0.2, 0) is 9.59 Å². The topological polar surface area (TPSA) is 57.6 Å². The molecule has 1 heterocycles. The average Bonchev–Trinajstić information content (AvgIpc) is 2.76. The lowest BCUT2D eigenvalue weighted by Crippen LogP contribution is -2.45. The summed E-state index contributed by atoms with van der Waals surface area (Å²) in [5, 5.41) is 9.99. The largest absolute Gasteiger partial charge is 0.391 e. The number of rotatable bonds is 3. The van der Waals surface area contributed by atoms with E-state index < -0.39 is 6.10 Å². The van der Waals surface area contributed by atoms with Gasteiger partial charge in [-0.2, -0.15) is 0 Å². The van der Waals surface area contributed by atoms with Gasteiger partial charge in [0.25, 0.3) is 0 Å². The molecule has 2 fully saturated rings. The van der Waals surface area contributed by atoms with Gasteiger partial charge in [0.2, 0.25) is 11.8 Å². The Balaban J connectivity index is 1.91. The van der Waals surface area contributed by atoms with Gasteiger partial charge in [-0.1, -0.05) is 12.8 Å². The van der Waals surface area contributed by atoms with Crippen molar-refractivity contribution >= 4 is 11.8 Å². The zero-order chi connectivity index (χ0) is 11.5. The molecule has 1 saturated carbocycles. The van der Waals surface area contributed by atoms with Crippen molar-refractivity contribution in [3.05, 3.63) is 0 Å². The highest BCUT2D eigenvalue weighted by Gasteiger charge is 2.31. The Hall–Kier alpha value is -0.900. The molecular formula is C12H19NO3. The first kappa shape index (κ1) is 11.6. The maximum absolute atomic E-state index is 11.5. The van der Waals surface area contributed by atoms with E-state index in [0.29, 0.717) is 19.3 Å². The van der Waals surface area contributed by atoms with E-state index in [0.717, 1.165) is 25.7 Å². The Kier molecular flexibility index (Phi) is 3.59. The van der Waals surface area contributed by atoms with E-state index in [1.807, 2.05) is 0 Å². The van der Waals surface area contributed by atoms with Gasteiger partial charge in [-0.3, -0.25) is 14.5 Å². The fourth-order valence-electron chi connectivity index (χ4n) is 2.68. The minimum absolute atomic E-state index is 0.117. The molecular weight excluding hydrogens is 206 g/mol. The standard InChI is InChI=1S/C12H19NO3/c14-10(9-4-1-2-5-9)8-13-11(15)6-3-7-12(13)16/h9-10,14H,1-8H2. The Morgan fingerprint density at radius 2 is 1.69 bits per heavy atom. The molecule has 1 atom stereocenters. The number of piperidine rings is 1. The van der Waals surface area contributed by atoms with Crippen LogP contribution in [0, 0.1) is 5.92 Å². The fraction of sp³-hybridized carbons (Fsp3) is 0.833. The first-order valence-electron chi connectivity index (χ1n) is 6.20. The number of β-amino-alcohol motifs (C(OH)–C–C–N with tert-alkyl or cyclic N) is 1. The number of hydrogen-bond acceptors (Lipinski definition) is 3. The quantitative estimate of drug-likeness (QED) is 0.731. The number of amides is 2. The van der Waals surface area contributed by atoms with Crippen LogP contribution in [0.4, 0.5) is 0 Å². The molecule has 2 rings (SSSR count). The normalized spacial score (nSPS) is 25.2. The third kappa shape index (κ3) is 2.43. The van der Waals surface area contributed by atoms with Crippen LogP contribution in [0.25, 0.3) is 0 Å². The summed E-state index contributed by atoms with van der Waals surface area (Å²) in [4.78, 5) is 24.4. The summed E-state index contributed by atoms with van der Waals surface area (Å²) in [6, 6.07) is 0. The summed E-state index contributed by atoms with van der Waals surface area (Å²) in [5.41, 5.74) is 0. The molecule has 1 saturated heterocycles. The van der Waals surface area contributed by atoms with Crippen LogP contribution in [0.1, 0.15) is 44.9 Å². The van der Waals surface area contributed by atoms with Crippen LogP contribution in [0.3, 0.4) is 0 Å². The molecule has 4 nitrogen and oxygen atoms in total. The van der Waals surface area contributed by atoms with Crippen LogP contribution in [0.15, 0.2) is 0 Å². The lowest BCUT2D eigenvalue weighted by atomic mass is 9.99. The number of imide groups is 1. The van der Waals surface area contributed by atoms with Gasteiger partial charge in [-0.25, -0.2) is 0 Å². The predicted molar refractivity (Wildman–Crippen MR) is 58.5 cm³/mol. The van der Waals surface area contributed by atoms with Crippen LogP contribution in [-0.4, -0.2) is 34.5 Å². The number of aliphatic hydroxyl groups excluding tert-OH is 1. The zero-order valence-corrected chi connectivity index (χ0v) is 9.52. The van der Waals surface area contributed by atoms with Crippen molar-refractivity contribution in [2.24, 2.45) is 5.92 Å². The Morgan fingerprint density at radius 1 is 1.12 bits per heavy atom. The van der Waals surface area contributed by atoms with Gasteiger partial charge in [0.1, 0.15) is 0 Å². The van der Waals surface area contributed by atoms with Crippen molar-refractivity contribution in [2.75, 3.05) is 6.54 Å². The highest BCUT2D eigenvalue weighted by atomic mass is 16.3. The van der Waals surface area contributed by atoms with E-state index in [1.54, 1.807) is 0 Å². The van der Waals surface area contributed by atoms with Gasteiger partial charge in [-0.15, -0.1) is 0 Å². The van der Waals surface area contributed by atoms with Gasteiger partial charge in [0, 0.05) is 12.8 Å². The van der Waals surface area contributed by atoms with E-state index >= 15 is 0 Å². The van der Waals surface area contributed by atoms with Gasteiger partial charge < -0.3 is 5.11 Å². The van der Waals surface area contributed by atoms with E-state index in [-0.39, 0.29) is 24.3 Å². The molecule has 1 N–H and O–H groups in total. The third-order valence-corrected chi connectivity index (χ3v) is 3.70. The number of carbonyl (C=O) groups excluding carboxylic acids is 2. The Labute approximate surface area is 95.6 Å². The molecule has 0 aromatic rings. The monoisotopic (exact) mass is 225 g/mol. The molecule has 2 amide bonds. The minimum atomic E-state index is -0.520. The van der Waals surface area contributed by atoms with Gasteiger partial charge >= 0.3 is 0 Å². The second-order valence-electron chi connectivity index (χ2n) is 4.86. The molecule has 1 unspecified atom stereocenters. The number of nitrogens with zero attached hydrogens (tertiary/aromatic N) is 1. The number of likely N-dealkylation sites (tertiary alicyclic amines) is 1. The molecule has 1 aliphatic carbocycles. The highest BCUT2D eigenvalue weighted by molar-refractivity contribution is 5.97. The van der Waals surface area contributed by atoms with Crippen molar-refractivity contribution in [3.63, 3.8) is 0 Å². The molecule has 0 radical (unpaired) electrons. The lowest BCUT2D eigenvalue weighted by molar-refractivity contribution is -0.150. The molecule has 2 aliphatic rings. The summed E-state index contributed by atoms with van der Waals surface area (Å²) in [6.07, 6.45) is 5.40. The maximum atomic E-state index is 11.5. The number of hydrogen-bond donors (Lipinski definition) is 1. The van der Waals surface area contributed by atoms with Crippen molar-refractivity contribution in [2.45, 2.75) is 51.0 Å². The fourth-order valence-corrected chi connectivity index (χ4v) is 2.68. The van der Waals surface area contributed by atoms with E-state index in [4.69, 9.17) is 0 Å². The van der Waals surface area contributed by atoms with Crippen LogP contribution < -0.4 is 0 Å². The average molecular weight is 225 g/mol. The first-order chi connectivity index (χ1) is 7.68. The molecule has 0 aromatic heterocycles. The number of aliphatic hydroxyl groups is 1. The predicted octanol–water partition coefficient (Wildman–Crippen LogP) is 1.08. The van der Waals surface area contributed by atoms with E-state index in [1.165, 1.54) is 4.90 Å². The van der Waals surface area contributed by atoms with Crippen LogP contribution >= 0.6 is 0 Å². The van der Waals surface area contributed by atoms with E-state index in [9.17, 15) is 14.7 Å². The zero-order valence-electron chi connectivity index (χ0n) is 9.52. The summed E-state index contributed by atoms with van der Waals surface area (Å²) in [7, 11) is 0. The number of carbonyl (C=O) groups is 2. The molecule has 90 valence electrons. The van der Waals surface area contributed by atoms with Crippen molar-refractivity contribution in [1.82, 2.24) is 4.90 Å². The van der Waals surface area contributed by atoms with Crippen molar-refractivity contribution in [3.8, 4) is 0 Å².